The van der Waals surface area contributed by atoms with Crippen LogP contribution >= 0.6 is 0 Å². The van der Waals surface area contributed by atoms with Gasteiger partial charge in [0.05, 0.1) is 7.11 Å². The van der Waals surface area contributed by atoms with Crippen molar-refractivity contribution in [2.24, 2.45) is 0 Å². The van der Waals surface area contributed by atoms with Gasteiger partial charge >= 0.3 is 0 Å². The lowest BCUT2D eigenvalue weighted by Crippen LogP contribution is -2.57. The quantitative estimate of drug-likeness (QED) is 0.776. The van der Waals surface area contributed by atoms with Gasteiger partial charge in [-0.05, 0) is 70.3 Å². The highest BCUT2D eigenvalue weighted by molar-refractivity contribution is 5.36. The van der Waals surface area contributed by atoms with Crippen LogP contribution in [0.1, 0.15) is 44.2 Å². The molecule has 2 saturated heterocycles. The summed E-state index contributed by atoms with van der Waals surface area (Å²) in [6.07, 6.45) is 3.42. The first-order chi connectivity index (χ1) is 13.5. The fourth-order valence-electron chi connectivity index (χ4n) is 4.92. The number of nitrogens with zero attached hydrogens (tertiary/aromatic N) is 3. The molecule has 0 spiro atoms. The Bertz CT molecular complexity index is 614. The maximum Gasteiger partial charge on any atom is 0.121 e. The smallest absolute Gasteiger partial charge is 0.121 e. The average molecular weight is 390 g/mol. The highest BCUT2D eigenvalue weighted by atomic mass is 16.5. The van der Waals surface area contributed by atoms with Crippen LogP contribution in [-0.4, -0.2) is 84.4 Å². The minimum absolute atomic E-state index is 0.266. The molecule has 1 atom stereocenters. The summed E-state index contributed by atoms with van der Waals surface area (Å²) in [6.45, 7) is 13.7. The SMILES string of the molecule is COc1ccc(CN2CCN(C3CCN(C(C)C)CC3)CC2CCO)cc1C. The zero-order valence-corrected chi connectivity index (χ0v) is 18.2. The maximum atomic E-state index is 9.64. The Morgan fingerprint density at radius 2 is 1.89 bits per heavy atom. The first kappa shape index (κ1) is 21.6. The van der Waals surface area contributed by atoms with Gasteiger partial charge in [0.15, 0.2) is 0 Å². The topological polar surface area (TPSA) is 39.2 Å². The van der Waals surface area contributed by atoms with Gasteiger partial charge in [0.2, 0.25) is 0 Å². The summed E-state index contributed by atoms with van der Waals surface area (Å²) in [5.74, 6) is 0.952. The van der Waals surface area contributed by atoms with E-state index in [0.717, 1.165) is 38.3 Å². The van der Waals surface area contributed by atoms with Gasteiger partial charge in [0.25, 0.3) is 0 Å². The van der Waals surface area contributed by atoms with Gasteiger partial charge in [-0.3, -0.25) is 9.80 Å². The third kappa shape index (κ3) is 5.26. The van der Waals surface area contributed by atoms with Crippen LogP contribution in [0.4, 0.5) is 0 Å². The summed E-state index contributed by atoms with van der Waals surface area (Å²) in [4.78, 5) is 7.87. The molecule has 3 rings (SSSR count). The molecule has 0 aliphatic carbocycles. The summed E-state index contributed by atoms with van der Waals surface area (Å²) in [7, 11) is 1.73. The van der Waals surface area contributed by atoms with Crippen LogP contribution in [0.5, 0.6) is 5.75 Å². The summed E-state index contributed by atoms with van der Waals surface area (Å²) in [5, 5.41) is 9.64. The summed E-state index contributed by atoms with van der Waals surface area (Å²) in [5.41, 5.74) is 2.52. The molecule has 0 bridgehead atoms. The number of aryl methyl sites for hydroxylation is 1. The monoisotopic (exact) mass is 389 g/mol. The molecule has 0 amide bonds. The van der Waals surface area contributed by atoms with E-state index in [2.05, 4.69) is 53.7 Å². The molecule has 1 aromatic carbocycles. The third-order valence-corrected chi connectivity index (χ3v) is 6.69. The van der Waals surface area contributed by atoms with Crippen molar-refractivity contribution in [3.8, 4) is 5.75 Å². The van der Waals surface area contributed by atoms with E-state index in [1.807, 2.05) is 0 Å². The lowest BCUT2D eigenvalue weighted by Gasteiger charge is -2.47. The zero-order chi connectivity index (χ0) is 20.1. The number of ether oxygens (including phenoxy) is 1. The van der Waals surface area contributed by atoms with E-state index in [1.54, 1.807) is 7.11 Å². The largest absolute Gasteiger partial charge is 0.496 e. The van der Waals surface area contributed by atoms with Crippen molar-refractivity contribution in [1.29, 1.82) is 0 Å². The number of likely N-dealkylation sites (tertiary alicyclic amines) is 1. The molecule has 1 aromatic rings. The molecule has 5 heteroatoms. The second-order valence-electron chi connectivity index (χ2n) is 8.80. The van der Waals surface area contributed by atoms with Gasteiger partial charge in [0, 0.05) is 50.9 Å². The Balaban J connectivity index is 1.59. The molecule has 5 nitrogen and oxygen atoms in total. The van der Waals surface area contributed by atoms with Crippen LogP contribution in [0.15, 0.2) is 18.2 Å². The van der Waals surface area contributed by atoms with E-state index in [1.165, 1.54) is 37.1 Å². The lowest BCUT2D eigenvalue weighted by atomic mass is 9.98. The summed E-state index contributed by atoms with van der Waals surface area (Å²) >= 11 is 0. The van der Waals surface area contributed by atoms with Crippen molar-refractivity contribution in [3.63, 3.8) is 0 Å². The van der Waals surface area contributed by atoms with E-state index < -0.39 is 0 Å². The van der Waals surface area contributed by atoms with E-state index in [4.69, 9.17) is 4.74 Å². The molecular weight excluding hydrogens is 350 g/mol. The van der Waals surface area contributed by atoms with E-state index in [0.29, 0.717) is 18.1 Å². The predicted octanol–water partition coefficient (Wildman–Crippen LogP) is 2.75. The summed E-state index contributed by atoms with van der Waals surface area (Å²) in [6, 6.07) is 8.29. The normalized spacial score (nSPS) is 23.4. The second kappa shape index (κ2) is 10.1. The molecule has 0 saturated carbocycles. The molecular formula is C23H39N3O2. The first-order valence-corrected chi connectivity index (χ1v) is 11.0. The van der Waals surface area contributed by atoms with Gasteiger partial charge < -0.3 is 14.7 Å². The number of methoxy groups -OCH3 is 1. The minimum Gasteiger partial charge on any atom is -0.496 e. The Kier molecular flexibility index (Phi) is 7.75. The molecule has 2 aliphatic rings. The van der Waals surface area contributed by atoms with Gasteiger partial charge in [0.1, 0.15) is 5.75 Å². The van der Waals surface area contributed by atoms with E-state index in [9.17, 15) is 5.11 Å². The van der Waals surface area contributed by atoms with Crippen LogP contribution in [-0.2, 0) is 6.54 Å². The number of piperidine rings is 1. The fraction of sp³-hybridized carbons (Fsp3) is 0.739. The molecule has 0 aromatic heterocycles. The minimum atomic E-state index is 0.266. The van der Waals surface area contributed by atoms with E-state index >= 15 is 0 Å². The second-order valence-corrected chi connectivity index (χ2v) is 8.80. The number of rotatable bonds is 7. The molecule has 0 radical (unpaired) electrons. The van der Waals surface area contributed by atoms with Crippen molar-refractivity contribution >= 4 is 0 Å². The van der Waals surface area contributed by atoms with Crippen molar-refractivity contribution in [3.05, 3.63) is 29.3 Å². The van der Waals surface area contributed by atoms with Gasteiger partial charge in [-0.1, -0.05) is 12.1 Å². The zero-order valence-electron chi connectivity index (χ0n) is 18.2. The van der Waals surface area contributed by atoms with Gasteiger partial charge in [-0.2, -0.15) is 0 Å². The Labute approximate surface area is 171 Å². The number of aliphatic hydroxyl groups is 1. The maximum absolute atomic E-state index is 9.64. The van der Waals surface area contributed by atoms with Gasteiger partial charge in [-0.15, -0.1) is 0 Å². The molecule has 1 unspecified atom stereocenters. The van der Waals surface area contributed by atoms with Crippen molar-refractivity contribution in [1.82, 2.24) is 14.7 Å². The number of benzene rings is 1. The standard InChI is InChI=1S/C23H39N3O2/c1-18(2)24-10-7-21(8-11-24)26-13-12-25(22(17-26)9-14-27)16-20-5-6-23(28-4)19(3)15-20/h5-6,15,18,21-22,27H,7-14,16-17H2,1-4H3. The highest BCUT2D eigenvalue weighted by Gasteiger charge is 2.32. The molecule has 28 heavy (non-hydrogen) atoms. The number of hydrogen-bond donors (Lipinski definition) is 1. The molecule has 2 heterocycles. The first-order valence-electron chi connectivity index (χ1n) is 11.0. The van der Waals surface area contributed by atoms with Crippen LogP contribution < -0.4 is 4.74 Å². The van der Waals surface area contributed by atoms with Gasteiger partial charge in [-0.25, -0.2) is 0 Å². The molecule has 1 N–H and O–H groups in total. The Morgan fingerprint density at radius 3 is 2.50 bits per heavy atom. The predicted molar refractivity (Wildman–Crippen MR) is 115 cm³/mol. The molecule has 2 fully saturated rings. The summed E-state index contributed by atoms with van der Waals surface area (Å²) < 4.78 is 5.40. The van der Waals surface area contributed by atoms with Crippen molar-refractivity contribution < 1.29 is 9.84 Å². The highest BCUT2D eigenvalue weighted by Crippen LogP contribution is 2.25. The third-order valence-electron chi connectivity index (χ3n) is 6.69. The van der Waals surface area contributed by atoms with Crippen molar-refractivity contribution in [2.45, 2.75) is 64.7 Å². The Morgan fingerprint density at radius 1 is 1.14 bits per heavy atom. The van der Waals surface area contributed by atoms with Crippen LogP contribution in [0.25, 0.3) is 0 Å². The van der Waals surface area contributed by atoms with Crippen LogP contribution in [0.3, 0.4) is 0 Å². The van der Waals surface area contributed by atoms with Crippen molar-refractivity contribution in [2.75, 3.05) is 46.4 Å². The number of aliphatic hydroxyl groups excluding tert-OH is 1. The molecule has 158 valence electrons. The number of hydrogen-bond acceptors (Lipinski definition) is 5. The molecule has 2 aliphatic heterocycles. The lowest BCUT2D eigenvalue weighted by molar-refractivity contribution is 0.00988. The van der Waals surface area contributed by atoms with Crippen LogP contribution in [0, 0.1) is 6.92 Å². The Hall–Kier alpha value is -1.14. The fourth-order valence-corrected chi connectivity index (χ4v) is 4.92. The van der Waals surface area contributed by atoms with Crippen LogP contribution in [0.2, 0.25) is 0 Å². The van der Waals surface area contributed by atoms with E-state index in [-0.39, 0.29) is 6.61 Å². The number of piperazine rings is 1. The average Bonchev–Trinajstić information content (AvgIpc) is 2.70.